The van der Waals surface area contributed by atoms with E-state index >= 15 is 0 Å². The summed E-state index contributed by atoms with van der Waals surface area (Å²) in [4.78, 5) is 23.6. The Morgan fingerprint density at radius 1 is 1.35 bits per heavy atom. The lowest BCUT2D eigenvalue weighted by molar-refractivity contribution is -0.128. The summed E-state index contributed by atoms with van der Waals surface area (Å²) >= 11 is 0. The third-order valence-corrected chi connectivity index (χ3v) is 5.33. The number of morpholine rings is 1. The van der Waals surface area contributed by atoms with Gasteiger partial charge in [0.25, 0.3) is 0 Å². The normalized spacial score (nSPS) is 30.1. The Morgan fingerprint density at radius 3 is 2.78 bits per heavy atom. The predicted molar refractivity (Wildman–Crippen MR) is 86.2 cm³/mol. The van der Waals surface area contributed by atoms with Gasteiger partial charge in [-0.3, -0.25) is 4.79 Å². The van der Waals surface area contributed by atoms with E-state index in [-0.39, 0.29) is 24.0 Å². The quantitative estimate of drug-likeness (QED) is 0.907. The first kappa shape index (κ1) is 14.9. The second-order valence-electron chi connectivity index (χ2n) is 6.93. The second-order valence-corrected chi connectivity index (χ2v) is 6.93. The van der Waals surface area contributed by atoms with Gasteiger partial charge in [-0.05, 0) is 37.7 Å². The van der Waals surface area contributed by atoms with Crippen molar-refractivity contribution in [3.05, 3.63) is 18.0 Å². The van der Waals surface area contributed by atoms with Gasteiger partial charge in [0.2, 0.25) is 11.9 Å². The van der Waals surface area contributed by atoms with Crippen LogP contribution < -0.4 is 10.2 Å². The molecule has 23 heavy (non-hydrogen) atoms. The number of aryl methyl sites for hydroxylation is 1. The highest BCUT2D eigenvalue weighted by Gasteiger charge is 2.45. The third-order valence-electron chi connectivity index (χ3n) is 5.33. The maximum Gasteiger partial charge on any atom is 0.226 e. The number of nitrogens with zero attached hydrogens (tertiary/aromatic N) is 3. The number of nitrogens with one attached hydrogen (secondary N) is 1. The minimum Gasteiger partial charge on any atom is -0.370 e. The number of ether oxygens (including phenoxy) is 1. The van der Waals surface area contributed by atoms with Crippen LogP contribution in [0, 0.1) is 5.92 Å². The van der Waals surface area contributed by atoms with Crippen molar-refractivity contribution in [3.63, 3.8) is 0 Å². The zero-order chi connectivity index (χ0) is 15.8. The van der Waals surface area contributed by atoms with Crippen LogP contribution in [0.15, 0.2) is 12.4 Å². The number of fused-ring (bicyclic) bond motifs is 2. The van der Waals surface area contributed by atoms with E-state index in [0.717, 1.165) is 43.7 Å². The summed E-state index contributed by atoms with van der Waals surface area (Å²) in [5.41, 5.74) is 1.14. The number of hydrogen-bond acceptors (Lipinski definition) is 5. The molecule has 2 aliphatic heterocycles. The number of rotatable bonds is 4. The van der Waals surface area contributed by atoms with Crippen LogP contribution in [0.4, 0.5) is 5.95 Å². The predicted octanol–water partition coefficient (Wildman–Crippen LogP) is 1.30. The Morgan fingerprint density at radius 2 is 2.13 bits per heavy atom. The van der Waals surface area contributed by atoms with Gasteiger partial charge in [0.1, 0.15) is 0 Å². The molecule has 1 aromatic heterocycles. The molecule has 1 amide bonds. The van der Waals surface area contributed by atoms with E-state index in [9.17, 15) is 4.79 Å². The Balaban J connectivity index is 1.41. The summed E-state index contributed by atoms with van der Waals surface area (Å²) < 4.78 is 6.00. The molecular weight excluding hydrogens is 292 g/mol. The summed E-state index contributed by atoms with van der Waals surface area (Å²) in [6, 6.07) is 0.393. The van der Waals surface area contributed by atoms with Gasteiger partial charge in [0, 0.05) is 31.5 Å². The number of aromatic nitrogens is 2. The van der Waals surface area contributed by atoms with Crippen molar-refractivity contribution in [2.75, 3.05) is 18.0 Å². The minimum absolute atomic E-state index is 0.0273. The topological polar surface area (TPSA) is 67.4 Å². The molecule has 2 saturated heterocycles. The Bertz CT molecular complexity index is 572. The summed E-state index contributed by atoms with van der Waals surface area (Å²) in [6.45, 7) is 3.57. The SMILES string of the molecule is CCc1cnc(N2C[C@@H]3C[C@@H](C(=O)NC4CCC4)[C@H](C2)O3)nc1. The summed E-state index contributed by atoms with van der Waals surface area (Å²) in [5, 5.41) is 3.17. The fourth-order valence-electron chi connectivity index (χ4n) is 3.65. The number of carbonyl (C=O) groups excluding carboxylic acids is 1. The molecule has 0 spiro atoms. The van der Waals surface area contributed by atoms with Crippen molar-refractivity contribution in [2.24, 2.45) is 5.92 Å². The van der Waals surface area contributed by atoms with Crippen LogP contribution in [-0.2, 0) is 16.0 Å². The zero-order valence-electron chi connectivity index (χ0n) is 13.6. The van der Waals surface area contributed by atoms with E-state index in [1.54, 1.807) is 0 Å². The van der Waals surface area contributed by atoms with Crippen molar-refractivity contribution in [1.82, 2.24) is 15.3 Å². The lowest BCUT2D eigenvalue weighted by Gasteiger charge is -2.33. The Hall–Kier alpha value is -1.69. The molecular formula is C17H24N4O2. The molecule has 3 aliphatic rings. The van der Waals surface area contributed by atoms with Gasteiger partial charge in [-0.25, -0.2) is 9.97 Å². The van der Waals surface area contributed by atoms with Crippen LogP contribution in [0.25, 0.3) is 0 Å². The van der Waals surface area contributed by atoms with Crippen LogP contribution in [-0.4, -0.2) is 47.2 Å². The Kier molecular flexibility index (Phi) is 3.93. The van der Waals surface area contributed by atoms with Gasteiger partial charge in [-0.15, -0.1) is 0 Å². The van der Waals surface area contributed by atoms with Crippen molar-refractivity contribution in [1.29, 1.82) is 0 Å². The molecule has 3 fully saturated rings. The van der Waals surface area contributed by atoms with Gasteiger partial charge >= 0.3 is 0 Å². The molecule has 4 rings (SSSR count). The van der Waals surface area contributed by atoms with E-state index < -0.39 is 0 Å². The largest absolute Gasteiger partial charge is 0.370 e. The van der Waals surface area contributed by atoms with E-state index in [2.05, 4.69) is 27.1 Å². The first-order valence-electron chi connectivity index (χ1n) is 8.74. The second kappa shape index (κ2) is 6.07. The van der Waals surface area contributed by atoms with Crippen molar-refractivity contribution in [3.8, 4) is 0 Å². The average molecular weight is 316 g/mol. The van der Waals surface area contributed by atoms with Crippen molar-refractivity contribution in [2.45, 2.75) is 57.3 Å². The molecule has 1 saturated carbocycles. The smallest absolute Gasteiger partial charge is 0.226 e. The highest BCUT2D eigenvalue weighted by Crippen LogP contribution is 2.33. The molecule has 0 unspecified atom stereocenters. The molecule has 0 radical (unpaired) electrons. The zero-order valence-corrected chi connectivity index (χ0v) is 13.6. The lowest BCUT2D eigenvalue weighted by Crippen LogP contribution is -2.48. The molecule has 3 heterocycles. The van der Waals surface area contributed by atoms with Crippen LogP contribution in [0.3, 0.4) is 0 Å². The monoisotopic (exact) mass is 316 g/mol. The van der Waals surface area contributed by atoms with Gasteiger partial charge < -0.3 is 15.0 Å². The van der Waals surface area contributed by atoms with Crippen molar-refractivity contribution < 1.29 is 9.53 Å². The van der Waals surface area contributed by atoms with Gasteiger partial charge in [-0.2, -0.15) is 0 Å². The fourth-order valence-corrected chi connectivity index (χ4v) is 3.65. The highest BCUT2D eigenvalue weighted by atomic mass is 16.5. The Labute approximate surface area is 136 Å². The molecule has 6 heteroatoms. The van der Waals surface area contributed by atoms with Gasteiger partial charge in [0.15, 0.2) is 0 Å². The number of hydrogen-bond donors (Lipinski definition) is 1. The molecule has 1 aliphatic carbocycles. The van der Waals surface area contributed by atoms with Gasteiger partial charge in [0.05, 0.1) is 18.1 Å². The van der Waals surface area contributed by atoms with E-state index in [0.29, 0.717) is 12.6 Å². The molecule has 0 aromatic carbocycles. The molecule has 6 nitrogen and oxygen atoms in total. The maximum absolute atomic E-state index is 12.5. The van der Waals surface area contributed by atoms with Crippen LogP contribution in [0.2, 0.25) is 0 Å². The summed E-state index contributed by atoms with van der Waals surface area (Å²) in [5.74, 6) is 0.896. The summed E-state index contributed by atoms with van der Waals surface area (Å²) in [7, 11) is 0. The van der Waals surface area contributed by atoms with Crippen molar-refractivity contribution >= 4 is 11.9 Å². The number of anilines is 1. The first-order valence-corrected chi connectivity index (χ1v) is 8.74. The standard InChI is InChI=1S/C17H24N4O2/c1-2-11-7-18-17(19-8-11)21-9-13-6-14(15(10-21)23-13)16(22)20-12-4-3-5-12/h7-8,12-15H,2-6,9-10H2,1H3,(H,20,22)/t13-,14+,15-/m0/s1. The minimum atomic E-state index is -0.0386. The molecule has 2 bridgehead atoms. The highest BCUT2D eigenvalue weighted by molar-refractivity contribution is 5.80. The van der Waals surface area contributed by atoms with Crippen LogP contribution >= 0.6 is 0 Å². The fraction of sp³-hybridized carbons (Fsp3) is 0.706. The average Bonchev–Trinajstić information content (AvgIpc) is 2.85. The number of amides is 1. The first-order chi connectivity index (χ1) is 11.2. The maximum atomic E-state index is 12.5. The molecule has 1 N–H and O–H groups in total. The summed E-state index contributed by atoms with van der Waals surface area (Å²) in [6.07, 6.45) is 9.08. The molecule has 1 aromatic rings. The number of carbonyl (C=O) groups is 1. The third kappa shape index (κ3) is 2.92. The van der Waals surface area contributed by atoms with E-state index in [1.165, 1.54) is 6.42 Å². The van der Waals surface area contributed by atoms with E-state index in [4.69, 9.17) is 4.74 Å². The molecule has 124 valence electrons. The van der Waals surface area contributed by atoms with Crippen LogP contribution in [0.1, 0.15) is 38.2 Å². The van der Waals surface area contributed by atoms with E-state index in [1.807, 2.05) is 12.4 Å². The lowest BCUT2D eigenvalue weighted by atomic mass is 9.91. The molecule has 3 atom stereocenters. The van der Waals surface area contributed by atoms with Gasteiger partial charge in [-0.1, -0.05) is 6.92 Å². The van der Waals surface area contributed by atoms with Crippen LogP contribution in [0.5, 0.6) is 0 Å².